The number of nitrogens with zero attached hydrogens (tertiary/aromatic N) is 1. The molecule has 0 radical (unpaired) electrons. The third kappa shape index (κ3) is 1.46. The normalized spacial score (nSPS) is 11.3. The van der Waals surface area contributed by atoms with Gasteiger partial charge in [0.2, 0.25) is 0 Å². The van der Waals surface area contributed by atoms with Crippen LogP contribution >= 0.6 is 0 Å². The number of hydrogen-bond donors (Lipinski definition) is 3. The van der Waals surface area contributed by atoms with E-state index in [1.807, 2.05) is 12.1 Å². The number of aromatic amines is 2. The van der Waals surface area contributed by atoms with E-state index in [4.69, 9.17) is 5.73 Å². The Labute approximate surface area is 105 Å². The maximum atomic E-state index is 5.69. The summed E-state index contributed by atoms with van der Waals surface area (Å²) in [6.45, 7) is 4.62. The first-order chi connectivity index (χ1) is 8.72. The van der Waals surface area contributed by atoms with Crippen LogP contribution in [0, 0.1) is 13.8 Å². The monoisotopic (exact) mass is 240 g/mol. The Bertz CT molecular complexity index is 706. The van der Waals surface area contributed by atoms with Crippen LogP contribution in [0.2, 0.25) is 0 Å². The number of aromatic nitrogens is 3. The first kappa shape index (κ1) is 11.0. The van der Waals surface area contributed by atoms with Crippen molar-refractivity contribution in [3.05, 3.63) is 41.2 Å². The molecule has 0 spiro atoms. The van der Waals surface area contributed by atoms with Crippen molar-refractivity contribution in [2.75, 3.05) is 0 Å². The van der Waals surface area contributed by atoms with E-state index in [-0.39, 0.29) is 0 Å². The zero-order chi connectivity index (χ0) is 12.7. The van der Waals surface area contributed by atoms with Gasteiger partial charge in [-0.3, -0.25) is 5.10 Å². The molecule has 3 aromatic rings. The molecule has 0 unspecified atom stereocenters. The van der Waals surface area contributed by atoms with Crippen LogP contribution in [0.4, 0.5) is 0 Å². The number of para-hydroxylation sites is 1. The first-order valence-corrected chi connectivity index (χ1v) is 6.04. The number of H-pyrrole nitrogens is 2. The van der Waals surface area contributed by atoms with Gasteiger partial charge in [0.05, 0.1) is 11.4 Å². The minimum absolute atomic E-state index is 0.486. The molecule has 0 aliphatic heterocycles. The van der Waals surface area contributed by atoms with Gasteiger partial charge in [-0.25, -0.2) is 0 Å². The standard InChI is InChI=1S/C14H16N4/c1-8-12(7-15)17-18-14(8)13-9(2)16-11-6-4-3-5-10(11)13/h3-6,16H,7,15H2,1-2H3,(H,17,18). The zero-order valence-electron chi connectivity index (χ0n) is 10.5. The lowest BCUT2D eigenvalue weighted by Crippen LogP contribution is -1.98. The van der Waals surface area contributed by atoms with Gasteiger partial charge in [0.15, 0.2) is 0 Å². The van der Waals surface area contributed by atoms with Crippen molar-refractivity contribution >= 4 is 10.9 Å². The minimum Gasteiger partial charge on any atom is -0.358 e. The molecule has 1 aromatic carbocycles. The second-order valence-electron chi connectivity index (χ2n) is 4.55. The van der Waals surface area contributed by atoms with Crippen molar-refractivity contribution < 1.29 is 0 Å². The van der Waals surface area contributed by atoms with Crippen molar-refractivity contribution in [1.29, 1.82) is 0 Å². The highest BCUT2D eigenvalue weighted by atomic mass is 15.1. The quantitative estimate of drug-likeness (QED) is 0.644. The second kappa shape index (κ2) is 3.99. The van der Waals surface area contributed by atoms with E-state index in [9.17, 15) is 0 Å². The summed E-state index contributed by atoms with van der Waals surface area (Å²) in [5, 5.41) is 8.63. The highest BCUT2D eigenvalue weighted by Crippen LogP contribution is 2.33. The van der Waals surface area contributed by atoms with Gasteiger partial charge < -0.3 is 10.7 Å². The number of benzene rings is 1. The zero-order valence-corrected chi connectivity index (χ0v) is 10.5. The van der Waals surface area contributed by atoms with E-state index in [0.717, 1.165) is 28.2 Å². The molecule has 2 aromatic heterocycles. The SMILES string of the molecule is Cc1[nH]c2ccccc2c1-c1n[nH]c(CN)c1C. The van der Waals surface area contributed by atoms with Crippen molar-refractivity contribution in [2.45, 2.75) is 20.4 Å². The summed E-state index contributed by atoms with van der Waals surface area (Å²) >= 11 is 0. The summed E-state index contributed by atoms with van der Waals surface area (Å²) in [5.41, 5.74) is 12.2. The predicted molar refractivity (Wildman–Crippen MR) is 73.2 cm³/mol. The van der Waals surface area contributed by atoms with Crippen LogP contribution in [-0.4, -0.2) is 15.2 Å². The molecule has 0 fully saturated rings. The average molecular weight is 240 g/mol. The molecule has 18 heavy (non-hydrogen) atoms. The van der Waals surface area contributed by atoms with Gasteiger partial charge in [-0.2, -0.15) is 5.10 Å². The van der Waals surface area contributed by atoms with E-state index in [0.29, 0.717) is 6.54 Å². The Morgan fingerprint density at radius 1 is 1.22 bits per heavy atom. The van der Waals surface area contributed by atoms with Gasteiger partial charge >= 0.3 is 0 Å². The number of aryl methyl sites for hydroxylation is 1. The molecule has 0 amide bonds. The molecule has 2 heterocycles. The summed E-state index contributed by atoms with van der Waals surface area (Å²) < 4.78 is 0. The fourth-order valence-corrected chi connectivity index (χ4v) is 2.46. The summed E-state index contributed by atoms with van der Waals surface area (Å²) in [6, 6.07) is 8.28. The molecule has 4 heteroatoms. The molecule has 4 nitrogen and oxygen atoms in total. The number of hydrogen-bond acceptors (Lipinski definition) is 2. The number of nitrogens with two attached hydrogens (primary N) is 1. The number of fused-ring (bicyclic) bond motifs is 1. The molecular weight excluding hydrogens is 224 g/mol. The van der Waals surface area contributed by atoms with Gasteiger partial charge in [-0.15, -0.1) is 0 Å². The molecule has 4 N–H and O–H groups in total. The highest BCUT2D eigenvalue weighted by molar-refractivity contribution is 5.97. The maximum Gasteiger partial charge on any atom is 0.0977 e. The van der Waals surface area contributed by atoms with Crippen LogP contribution in [0.25, 0.3) is 22.2 Å². The largest absolute Gasteiger partial charge is 0.358 e. The Hall–Kier alpha value is -2.07. The van der Waals surface area contributed by atoms with E-state index >= 15 is 0 Å². The topological polar surface area (TPSA) is 70.5 Å². The van der Waals surface area contributed by atoms with Gasteiger partial charge in [0, 0.05) is 28.7 Å². The molecule has 0 saturated heterocycles. The average Bonchev–Trinajstić information content (AvgIpc) is 2.88. The van der Waals surface area contributed by atoms with E-state index in [1.165, 1.54) is 10.9 Å². The van der Waals surface area contributed by atoms with Crippen LogP contribution in [0.15, 0.2) is 24.3 Å². The van der Waals surface area contributed by atoms with Gasteiger partial charge in [0.25, 0.3) is 0 Å². The summed E-state index contributed by atoms with van der Waals surface area (Å²) in [5.74, 6) is 0. The predicted octanol–water partition coefficient (Wildman–Crippen LogP) is 2.63. The Morgan fingerprint density at radius 3 is 2.72 bits per heavy atom. The van der Waals surface area contributed by atoms with Crippen molar-refractivity contribution in [3.63, 3.8) is 0 Å². The third-order valence-electron chi connectivity index (χ3n) is 3.45. The minimum atomic E-state index is 0.486. The van der Waals surface area contributed by atoms with E-state index in [1.54, 1.807) is 0 Å². The van der Waals surface area contributed by atoms with Crippen molar-refractivity contribution in [2.24, 2.45) is 5.73 Å². The van der Waals surface area contributed by atoms with Gasteiger partial charge in [-0.1, -0.05) is 18.2 Å². The van der Waals surface area contributed by atoms with Crippen LogP contribution in [0.5, 0.6) is 0 Å². The van der Waals surface area contributed by atoms with Crippen LogP contribution in [-0.2, 0) is 6.54 Å². The van der Waals surface area contributed by atoms with E-state index in [2.05, 4.69) is 41.2 Å². The van der Waals surface area contributed by atoms with Gasteiger partial charge in [0.1, 0.15) is 0 Å². The molecule has 3 rings (SSSR count). The van der Waals surface area contributed by atoms with Gasteiger partial charge in [-0.05, 0) is 25.5 Å². The molecular formula is C14H16N4. The van der Waals surface area contributed by atoms with Crippen LogP contribution in [0.3, 0.4) is 0 Å². The summed E-state index contributed by atoms with van der Waals surface area (Å²) in [7, 11) is 0. The molecule has 0 bridgehead atoms. The van der Waals surface area contributed by atoms with Crippen molar-refractivity contribution in [1.82, 2.24) is 15.2 Å². The van der Waals surface area contributed by atoms with Crippen LogP contribution < -0.4 is 5.73 Å². The molecule has 0 atom stereocenters. The first-order valence-electron chi connectivity index (χ1n) is 6.04. The van der Waals surface area contributed by atoms with Crippen molar-refractivity contribution in [3.8, 4) is 11.3 Å². The lowest BCUT2D eigenvalue weighted by molar-refractivity contribution is 0.941. The fraction of sp³-hybridized carbons (Fsp3) is 0.214. The Balaban J connectivity index is 2.31. The summed E-state index contributed by atoms with van der Waals surface area (Å²) in [4.78, 5) is 3.39. The lowest BCUT2D eigenvalue weighted by Gasteiger charge is -1.99. The molecule has 92 valence electrons. The second-order valence-corrected chi connectivity index (χ2v) is 4.55. The maximum absolute atomic E-state index is 5.69. The smallest absolute Gasteiger partial charge is 0.0977 e. The third-order valence-corrected chi connectivity index (χ3v) is 3.45. The number of nitrogens with one attached hydrogen (secondary N) is 2. The highest BCUT2D eigenvalue weighted by Gasteiger charge is 2.16. The number of rotatable bonds is 2. The Kier molecular flexibility index (Phi) is 2.45. The molecule has 0 aliphatic rings. The summed E-state index contributed by atoms with van der Waals surface area (Å²) in [6.07, 6.45) is 0. The Morgan fingerprint density at radius 2 is 2.00 bits per heavy atom. The van der Waals surface area contributed by atoms with E-state index < -0.39 is 0 Å². The van der Waals surface area contributed by atoms with Crippen LogP contribution in [0.1, 0.15) is 17.0 Å². The lowest BCUT2D eigenvalue weighted by atomic mass is 10.0. The molecule has 0 saturated carbocycles. The fourth-order valence-electron chi connectivity index (χ4n) is 2.46. The molecule has 0 aliphatic carbocycles.